The highest BCUT2D eigenvalue weighted by Gasteiger charge is 2.57. The molecule has 2 saturated heterocycles. The number of nitrogens with zero attached hydrogens (tertiary/aromatic N) is 2. The zero-order valence-electron chi connectivity index (χ0n) is 22.5. The normalized spacial score (nSPS) is 25.3. The SMILES string of the molecule is CCCN1C(=O)[C@@H]2[C@@H](CC(COC)=C3[C@@H](CC/C(=C/c4ccc(O)cc4)c4ccccn4)OB(O)C[C@@H]32)C1=O. The summed E-state index contributed by atoms with van der Waals surface area (Å²) in [6.45, 7) is 2.74. The van der Waals surface area contributed by atoms with Crippen molar-refractivity contribution < 1.29 is 29.1 Å². The molecule has 0 saturated carbocycles. The van der Waals surface area contributed by atoms with E-state index in [0.717, 1.165) is 28.0 Å². The third kappa shape index (κ3) is 5.57. The summed E-state index contributed by atoms with van der Waals surface area (Å²) in [4.78, 5) is 32.6. The van der Waals surface area contributed by atoms with Crippen LogP contribution in [0.5, 0.6) is 5.75 Å². The van der Waals surface area contributed by atoms with Gasteiger partial charge in [0.25, 0.3) is 0 Å². The molecule has 0 spiro atoms. The fourth-order valence-corrected chi connectivity index (χ4v) is 6.47. The van der Waals surface area contributed by atoms with Crippen LogP contribution in [0.2, 0.25) is 6.32 Å². The topological polar surface area (TPSA) is 109 Å². The first-order valence-electron chi connectivity index (χ1n) is 13.7. The number of methoxy groups -OCH3 is 1. The lowest BCUT2D eigenvalue weighted by Crippen LogP contribution is -2.46. The van der Waals surface area contributed by atoms with E-state index in [1.807, 2.05) is 43.3 Å². The van der Waals surface area contributed by atoms with Crippen LogP contribution < -0.4 is 0 Å². The van der Waals surface area contributed by atoms with Gasteiger partial charge in [-0.3, -0.25) is 19.5 Å². The van der Waals surface area contributed by atoms with Crippen molar-refractivity contribution in [2.24, 2.45) is 17.8 Å². The molecular weight excluding hydrogens is 495 g/mol. The molecule has 3 heterocycles. The second-order valence-electron chi connectivity index (χ2n) is 10.6. The summed E-state index contributed by atoms with van der Waals surface area (Å²) in [7, 11) is 0.612. The second kappa shape index (κ2) is 11.9. The number of rotatable bonds is 9. The van der Waals surface area contributed by atoms with E-state index in [2.05, 4.69) is 4.98 Å². The van der Waals surface area contributed by atoms with Crippen molar-refractivity contribution in [3.63, 3.8) is 0 Å². The fourth-order valence-electron chi connectivity index (χ4n) is 6.47. The summed E-state index contributed by atoms with van der Waals surface area (Å²) in [6, 6.07) is 12.8. The van der Waals surface area contributed by atoms with Crippen LogP contribution in [0, 0.1) is 17.8 Å². The predicted molar refractivity (Wildman–Crippen MR) is 148 cm³/mol. The van der Waals surface area contributed by atoms with Crippen LogP contribution in [0.25, 0.3) is 11.6 Å². The summed E-state index contributed by atoms with van der Waals surface area (Å²) < 4.78 is 11.7. The fraction of sp³-hybridized carbons (Fsp3) is 0.433. The van der Waals surface area contributed by atoms with E-state index in [9.17, 15) is 19.7 Å². The highest BCUT2D eigenvalue weighted by Crippen LogP contribution is 2.50. The van der Waals surface area contributed by atoms with Crippen molar-refractivity contribution in [3.05, 3.63) is 71.1 Å². The van der Waals surface area contributed by atoms with E-state index in [4.69, 9.17) is 9.39 Å². The van der Waals surface area contributed by atoms with Crippen molar-refractivity contribution in [1.82, 2.24) is 9.88 Å². The number of phenolic OH excluding ortho intramolecular Hbond substituents is 1. The number of pyridine rings is 1. The molecular formula is C30H35BN2O6. The molecule has 204 valence electrons. The maximum Gasteiger partial charge on any atom is 0.455 e. The minimum absolute atomic E-state index is 0.105. The van der Waals surface area contributed by atoms with Gasteiger partial charge in [0.2, 0.25) is 11.8 Å². The molecule has 2 aliphatic heterocycles. The van der Waals surface area contributed by atoms with Gasteiger partial charge in [-0.05, 0) is 90.5 Å². The maximum absolute atomic E-state index is 13.4. The van der Waals surface area contributed by atoms with Gasteiger partial charge in [0.1, 0.15) is 5.75 Å². The van der Waals surface area contributed by atoms with Crippen LogP contribution >= 0.6 is 0 Å². The summed E-state index contributed by atoms with van der Waals surface area (Å²) in [6.07, 6.45) is 6.02. The van der Waals surface area contributed by atoms with Gasteiger partial charge in [0, 0.05) is 19.9 Å². The number of ether oxygens (including phenoxy) is 1. The van der Waals surface area contributed by atoms with E-state index in [-0.39, 0.29) is 29.8 Å². The molecule has 9 heteroatoms. The predicted octanol–water partition coefficient (Wildman–Crippen LogP) is 3.96. The minimum atomic E-state index is -1.02. The highest BCUT2D eigenvalue weighted by atomic mass is 16.5. The Hall–Kier alpha value is -3.27. The standard InChI is InChI=1S/C30H35BN2O6/c1-3-14-33-29(35)23-16-21(18-38-2)27-24(28(23)30(33)36)17-31(37)39-26(27)12-9-20(25-6-4-5-13-32-25)15-19-7-10-22(34)11-8-19/h4-8,10-11,13,15,23-24,26,28,34,37H,3,9,12,14,16-18H2,1-2H3/b20-15-/t23-,24+,26-,28-/m1/s1. The Morgan fingerprint density at radius 2 is 1.97 bits per heavy atom. The van der Waals surface area contributed by atoms with E-state index in [0.29, 0.717) is 38.8 Å². The molecule has 2 aromatic rings. The molecule has 0 radical (unpaired) electrons. The van der Waals surface area contributed by atoms with Crippen LogP contribution in [0.4, 0.5) is 0 Å². The summed E-state index contributed by atoms with van der Waals surface area (Å²) in [5.74, 6) is -1.17. The molecule has 2 N–H and O–H groups in total. The molecule has 5 rings (SSSR count). The number of carbonyl (C=O) groups excluding carboxylic acids is 2. The van der Waals surface area contributed by atoms with Crippen molar-refractivity contribution >= 4 is 30.6 Å². The number of carbonyl (C=O) groups is 2. The molecule has 0 unspecified atom stereocenters. The van der Waals surface area contributed by atoms with E-state index < -0.39 is 25.1 Å². The summed E-state index contributed by atoms with van der Waals surface area (Å²) in [5, 5.41) is 20.5. The Bertz CT molecular complexity index is 1260. The van der Waals surface area contributed by atoms with Gasteiger partial charge in [-0.2, -0.15) is 0 Å². The molecule has 0 bridgehead atoms. The number of fused-ring (bicyclic) bond motifs is 3. The van der Waals surface area contributed by atoms with Crippen LogP contribution in [0.3, 0.4) is 0 Å². The summed E-state index contributed by atoms with van der Waals surface area (Å²) >= 11 is 0. The molecule has 1 aromatic carbocycles. The third-order valence-electron chi connectivity index (χ3n) is 8.07. The monoisotopic (exact) mass is 530 g/mol. The van der Waals surface area contributed by atoms with E-state index in [1.54, 1.807) is 25.4 Å². The molecule has 2 amide bonds. The average Bonchev–Trinajstić information content (AvgIpc) is 3.17. The Balaban J connectivity index is 1.46. The smallest absolute Gasteiger partial charge is 0.455 e. The first kappa shape index (κ1) is 27.3. The summed E-state index contributed by atoms with van der Waals surface area (Å²) in [5.41, 5.74) is 4.77. The van der Waals surface area contributed by atoms with Gasteiger partial charge in [-0.1, -0.05) is 25.1 Å². The molecule has 2 fully saturated rings. The number of benzene rings is 1. The first-order valence-corrected chi connectivity index (χ1v) is 13.7. The molecule has 8 nitrogen and oxygen atoms in total. The highest BCUT2D eigenvalue weighted by molar-refractivity contribution is 6.43. The van der Waals surface area contributed by atoms with Gasteiger partial charge >= 0.3 is 7.12 Å². The van der Waals surface area contributed by atoms with E-state index in [1.165, 1.54) is 4.90 Å². The number of allylic oxidation sites excluding steroid dienone is 1. The maximum atomic E-state index is 13.4. The average molecular weight is 530 g/mol. The number of aromatic hydroxyl groups is 1. The van der Waals surface area contributed by atoms with Gasteiger partial charge < -0.3 is 19.5 Å². The zero-order valence-corrected chi connectivity index (χ0v) is 22.5. The van der Waals surface area contributed by atoms with Gasteiger partial charge in [-0.25, -0.2) is 0 Å². The second-order valence-corrected chi connectivity index (χ2v) is 10.6. The largest absolute Gasteiger partial charge is 0.508 e. The van der Waals surface area contributed by atoms with Crippen LogP contribution in [0.1, 0.15) is 43.9 Å². The number of amides is 2. The minimum Gasteiger partial charge on any atom is -0.508 e. The Morgan fingerprint density at radius 1 is 1.18 bits per heavy atom. The third-order valence-corrected chi connectivity index (χ3v) is 8.07. The van der Waals surface area contributed by atoms with Crippen LogP contribution in [0.15, 0.2) is 59.8 Å². The van der Waals surface area contributed by atoms with Crippen LogP contribution in [-0.4, -0.2) is 65.3 Å². The number of phenols is 1. The van der Waals surface area contributed by atoms with Crippen molar-refractivity contribution in [3.8, 4) is 5.75 Å². The Morgan fingerprint density at radius 3 is 2.67 bits per heavy atom. The van der Waals surface area contributed by atoms with Crippen molar-refractivity contribution in [2.75, 3.05) is 20.3 Å². The molecule has 1 aliphatic carbocycles. The zero-order chi connectivity index (χ0) is 27.5. The van der Waals surface area contributed by atoms with Gasteiger partial charge in [0.15, 0.2) is 0 Å². The Labute approximate surface area is 229 Å². The van der Waals surface area contributed by atoms with E-state index >= 15 is 0 Å². The van der Waals surface area contributed by atoms with Crippen LogP contribution in [-0.2, 0) is 19.0 Å². The molecule has 3 aliphatic rings. The van der Waals surface area contributed by atoms with Crippen molar-refractivity contribution in [2.45, 2.75) is 45.0 Å². The lowest BCUT2D eigenvalue weighted by molar-refractivity contribution is -0.140. The number of hydrogen-bond acceptors (Lipinski definition) is 7. The number of imide groups is 1. The lowest BCUT2D eigenvalue weighted by Gasteiger charge is -2.43. The van der Waals surface area contributed by atoms with Gasteiger partial charge in [0.05, 0.1) is 30.2 Å². The number of aromatic nitrogens is 1. The lowest BCUT2D eigenvalue weighted by atomic mass is 9.58. The molecule has 1 aromatic heterocycles. The molecule has 4 atom stereocenters. The van der Waals surface area contributed by atoms with Gasteiger partial charge in [-0.15, -0.1) is 0 Å². The first-order chi connectivity index (χ1) is 18.9. The number of likely N-dealkylation sites (tertiary alicyclic amines) is 1. The Kier molecular flexibility index (Phi) is 8.30. The van der Waals surface area contributed by atoms with Crippen molar-refractivity contribution in [1.29, 1.82) is 0 Å². The molecule has 39 heavy (non-hydrogen) atoms. The number of hydrogen-bond donors (Lipinski definition) is 2. The quantitative estimate of drug-likeness (QED) is 0.287.